The fourth-order valence-electron chi connectivity index (χ4n) is 0.885. The summed E-state index contributed by atoms with van der Waals surface area (Å²) in [4.78, 5) is 0. The van der Waals surface area contributed by atoms with Crippen LogP contribution in [0.15, 0.2) is 0 Å². The Labute approximate surface area is 68.2 Å². The number of hydrogen-bond donors (Lipinski definition) is 1. The lowest BCUT2D eigenvalue weighted by Gasteiger charge is -2.15. The molecule has 0 radical (unpaired) electrons. The van der Waals surface area contributed by atoms with Gasteiger partial charge in [0.25, 0.3) is 0 Å². The van der Waals surface area contributed by atoms with Gasteiger partial charge >= 0.3 is 0 Å². The predicted octanol–water partition coefficient (Wildman–Crippen LogP) is 1.82. The van der Waals surface area contributed by atoms with Crippen LogP contribution in [0.1, 0.15) is 26.7 Å². The molecule has 3 heteroatoms. The van der Waals surface area contributed by atoms with Gasteiger partial charge in [-0.05, 0) is 13.3 Å². The molecule has 0 spiro atoms. The van der Waals surface area contributed by atoms with E-state index in [9.17, 15) is 0 Å². The van der Waals surface area contributed by atoms with E-state index in [2.05, 4.69) is 6.92 Å². The highest BCUT2D eigenvalue weighted by atomic mass is 16.5. The number of ether oxygens (including phenoxy) is 2. The van der Waals surface area contributed by atoms with Gasteiger partial charge < -0.3 is 9.47 Å². The van der Waals surface area contributed by atoms with Crippen molar-refractivity contribution in [1.29, 1.82) is 5.41 Å². The number of nitrogens with one attached hydrogen (secondary N) is 1. The molecule has 1 atom stereocenters. The van der Waals surface area contributed by atoms with Crippen molar-refractivity contribution >= 4 is 5.90 Å². The molecule has 0 heterocycles. The molecule has 0 saturated heterocycles. The summed E-state index contributed by atoms with van der Waals surface area (Å²) in [5.41, 5.74) is 0. The van der Waals surface area contributed by atoms with Crippen LogP contribution in [0, 0.1) is 5.41 Å². The maximum atomic E-state index is 7.35. The van der Waals surface area contributed by atoms with Crippen molar-refractivity contribution < 1.29 is 9.47 Å². The van der Waals surface area contributed by atoms with E-state index in [1.807, 2.05) is 6.92 Å². The number of methoxy groups -OCH3 is 1. The van der Waals surface area contributed by atoms with Gasteiger partial charge in [-0.25, -0.2) is 0 Å². The van der Waals surface area contributed by atoms with E-state index in [0.717, 1.165) is 12.8 Å². The van der Waals surface area contributed by atoms with Gasteiger partial charge in [-0.2, -0.15) is 0 Å². The Kier molecular flexibility index (Phi) is 5.84. The fourth-order valence-corrected chi connectivity index (χ4v) is 0.885. The Morgan fingerprint density at radius 2 is 2.09 bits per heavy atom. The molecule has 3 nitrogen and oxygen atoms in total. The van der Waals surface area contributed by atoms with E-state index in [1.165, 1.54) is 7.11 Å². The van der Waals surface area contributed by atoms with Crippen molar-refractivity contribution in [3.8, 4) is 0 Å². The van der Waals surface area contributed by atoms with Crippen LogP contribution in [-0.2, 0) is 9.47 Å². The molecule has 0 fully saturated rings. The molecule has 0 aliphatic carbocycles. The first-order valence-electron chi connectivity index (χ1n) is 4.00. The Morgan fingerprint density at radius 1 is 1.45 bits per heavy atom. The van der Waals surface area contributed by atoms with Gasteiger partial charge in [-0.15, -0.1) is 0 Å². The first-order chi connectivity index (χ1) is 5.26. The summed E-state index contributed by atoms with van der Waals surface area (Å²) in [6, 6.07) is 0. The van der Waals surface area contributed by atoms with Crippen molar-refractivity contribution in [2.45, 2.75) is 32.8 Å². The average molecular weight is 159 g/mol. The van der Waals surface area contributed by atoms with E-state index in [0.29, 0.717) is 6.61 Å². The maximum Gasteiger partial charge on any atom is 0.210 e. The Balaban J connectivity index is 3.76. The van der Waals surface area contributed by atoms with Crippen LogP contribution < -0.4 is 0 Å². The Hall–Kier alpha value is -0.570. The molecule has 1 unspecified atom stereocenters. The zero-order valence-electron chi connectivity index (χ0n) is 7.52. The van der Waals surface area contributed by atoms with Crippen LogP contribution in [0.4, 0.5) is 0 Å². The van der Waals surface area contributed by atoms with Gasteiger partial charge in [0.15, 0.2) is 0 Å². The minimum absolute atomic E-state index is 0.144. The second-order valence-electron chi connectivity index (χ2n) is 2.30. The third-order valence-corrected chi connectivity index (χ3v) is 1.43. The summed E-state index contributed by atoms with van der Waals surface area (Å²) in [6.45, 7) is 4.62. The molecule has 1 N–H and O–H groups in total. The van der Waals surface area contributed by atoms with Crippen LogP contribution in [0.25, 0.3) is 0 Å². The summed E-state index contributed by atoms with van der Waals surface area (Å²) >= 11 is 0. The highest BCUT2D eigenvalue weighted by molar-refractivity contribution is 5.77. The van der Waals surface area contributed by atoms with Gasteiger partial charge in [0.05, 0.1) is 7.11 Å². The van der Waals surface area contributed by atoms with E-state index in [-0.39, 0.29) is 12.0 Å². The molecule has 0 aromatic carbocycles. The molecule has 0 aliphatic rings. The van der Waals surface area contributed by atoms with Crippen molar-refractivity contribution in [3.63, 3.8) is 0 Å². The van der Waals surface area contributed by atoms with Crippen LogP contribution in [0.3, 0.4) is 0 Å². The van der Waals surface area contributed by atoms with Crippen LogP contribution >= 0.6 is 0 Å². The molecule has 0 aliphatic heterocycles. The SMILES string of the molecule is CCCC(OCC)C(=N)OC. The topological polar surface area (TPSA) is 42.3 Å². The largest absolute Gasteiger partial charge is 0.483 e. The van der Waals surface area contributed by atoms with Crippen molar-refractivity contribution in [3.05, 3.63) is 0 Å². The fraction of sp³-hybridized carbons (Fsp3) is 0.875. The van der Waals surface area contributed by atoms with Gasteiger partial charge in [0.2, 0.25) is 5.90 Å². The molecule has 0 aromatic rings. The third-order valence-electron chi connectivity index (χ3n) is 1.43. The van der Waals surface area contributed by atoms with E-state index >= 15 is 0 Å². The summed E-state index contributed by atoms with van der Waals surface area (Å²) < 4.78 is 10.1. The standard InChI is InChI=1S/C8H17NO2/c1-4-6-7(11-5-2)8(9)10-3/h7,9H,4-6H2,1-3H3. The van der Waals surface area contributed by atoms with E-state index in [4.69, 9.17) is 14.9 Å². The molecule has 11 heavy (non-hydrogen) atoms. The maximum absolute atomic E-state index is 7.35. The molecule has 66 valence electrons. The summed E-state index contributed by atoms with van der Waals surface area (Å²) in [7, 11) is 1.50. The average Bonchev–Trinajstić information content (AvgIpc) is 2.03. The molecular formula is C8H17NO2. The normalized spacial score (nSPS) is 12.6. The first-order valence-corrected chi connectivity index (χ1v) is 4.00. The Morgan fingerprint density at radius 3 is 2.45 bits per heavy atom. The monoisotopic (exact) mass is 159 g/mol. The van der Waals surface area contributed by atoms with E-state index < -0.39 is 0 Å². The van der Waals surface area contributed by atoms with Gasteiger partial charge in [0.1, 0.15) is 6.10 Å². The van der Waals surface area contributed by atoms with Crippen molar-refractivity contribution in [2.75, 3.05) is 13.7 Å². The second kappa shape index (κ2) is 6.16. The highest BCUT2D eigenvalue weighted by Crippen LogP contribution is 2.03. The zero-order valence-corrected chi connectivity index (χ0v) is 7.52. The van der Waals surface area contributed by atoms with Gasteiger partial charge in [-0.1, -0.05) is 13.3 Å². The van der Waals surface area contributed by atoms with Crippen LogP contribution in [-0.4, -0.2) is 25.7 Å². The minimum atomic E-state index is -0.144. The van der Waals surface area contributed by atoms with Crippen molar-refractivity contribution in [2.24, 2.45) is 0 Å². The highest BCUT2D eigenvalue weighted by Gasteiger charge is 2.13. The number of hydrogen-bond acceptors (Lipinski definition) is 3. The minimum Gasteiger partial charge on any atom is -0.483 e. The second-order valence-corrected chi connectivity index (χ2v) is 2.30. The van der Waals surface area contributed by atoms with Crippen LogP contribution in [0.2, 0.25) is 0 Å². The lowest BCUT2D eigenvalue weighted by Crippen LogP contribution is -2.24. The summed E-state index contributed by atoms with van der Waals surface area (Å²) in [5, 5.41) is 7.35. The first kappa shape index (κ1) is 10.4. The van der Waals surface area contributed by atoms with Gasteiger partial charge in [0, 0.05) is 6.61 Å². The molecule has 0 aromatic heterocycles. The lowest BCUT2D eigenvalue weighted by molar-refractivity contribution is 0.0852. The van der Waals surface area contributed by atoms with Gasteiger partial charge in [-0.3, -0.25) is 5.41 Å². The van der Waals surface area contributed by atoms with Crippen molar-refractivity contribution in [1.82, 2.24) is 0 Å². The lowest BCUT2D eigenvalue weighted by atomic mass is 10.2. The third kappa shape index (κ3) is 3.98. The smallest absolute Gasteiger partial charge is 0.210 e. The molecule has 0 saturated carbocycles. The molecule has 0 rings (SSSR count). The molecular weight excluding hydrogens is 142 g/mol. The molecule has 0 bridgehead atoms. The number of rotatable bonds is 5. The predicted molar refractivity (Wildman–Crippen MR) is 45.1 cm³/mol. The molecule has 0 amide bonds. The zero-order chi connectivity index (χ0) is 8.69. The summed E-state index contributed by atoms with van der Waals surface area (Å²) in [6.07, 6.45) is 1.73. The summed E-state index contributed by atoms with van der Waals surface area (Å²) in [5.74, 6) is 0.230. The Bertz CT molecular complexity index is 109. The van der Waals surface area contributed by atoms with E-state index in [1.54, 1.807) is 0 Å². The van der Waals surface area contributed by atoms with Crippen LogP contribution in [0.5, 0.6) is 0 Å². The quantitative estimate of drug-likeness (QED) is 0.491.